The van der Waals surface area contributed by atoms with Crippen LogP contribution in [0.1, 0.15) is 18.3 Å². The standard InChI is InChI=1S/C25H25FN8O/c1-16-3-8-21(32-31-16)15-28-24-22-13-19(18-4-6-20(26)7-5-18)14-27-23(22)29-25(30-24)34-11-9-33(10-12-34)17(2)35/h3-8,13-14H,9-12,15H2,1-2H3,(H,27,28,29,30). The van der Waals surface area contributed by atoms with Crippen molar-refractivity contribution in [3.8, 4) is 11.1 Å². The number of carbonyl (C=O) groups excluding carboxylic acids is 1. The summed E-state index contributed by atoms with van der Waals surface area (Å²) in [7, 11) is 0. The Balaban J connectivity index is 1.50. The van der Waals surface area contributed by atoms with Gasteiger partial charge in [0, 0.05) is 44.9 Å². The lowest BCUT2D eigenvalue weighted by Gasteiger charge is -2.34. The van der Waals surface area contributed by atoms with Crippen LogP contribution in [0.3, 0.4) is 0 Å². The van der Waals surface area contributed by atoms with Gasteiger partial charge in [0.05, 0.1) is 23.3 Å². The normalized spacial score (nSPS) is 13.8. The molecule has 178 valence electrons. The van der Waals surface area contributed by atoms with Crippen molar-refractivity contribution in [2.24, 2.45) is 0 Å². The van der Waals surface area contributed by atoms with E-state index in [1.165, 1.54) is 12.1 Å². The second kappa shape index (κ2) is 9.57. The van der Waals surface area contributed by atoms with Crippen molar-refractivity contribution in [3.05, 3.63) is 65.9 Å². The predicted molar refractivity (Wildman–Crippen MR) is 131 cm³/mol. The van der Waals surface area contributed by atoms with E-state index >= 15 is 0 Å². The molecular formula is C25H25FN8O. The van der Waals surface area contributed by atoms with E-state index in [0.717, 1.165) is 27.9 Å². The molecule has 0 spiro atoms. The third-order valence-electron chi connectivity index (χ3n) is 6.01. The molecule has 9 nitrogen and oxygen atoms in total. The number of amides is 1. The zero-order chi connectivity index (χ0) is 24.4. The van der Waals surface area contributed by atoms with E-state index in [1.54, 1.807) is 25.3 Å². The molecule has 1 aliphatic heterocycles. The van der Waals surface area contributed by atoms with E-state index in [9.17, 15) is 9.18 Å². The first-order valence-electron chi connectivity index (χ1n) is 11.4. The van der Waals surface area contributed by atoms with Crippen molar-refractivity contribution < 1.29 is 9.18 Å². The fourth-order valence-corrected chi connectivity index (χ4v) is 3.99. The average Bonchev–Trinajstić information content (AvgIpc) is 2.88. The number of hydrogen-bond donors (Lipinski definition) is 1. The van der Waals surface area contributed by atoms with Gasteiger partial charge in [0.2, 0.25) is 11.9 Å². The summed E-state index contributed by atoms with van der Waals surface area (Å²) in [6.45, 7) is 6.43. The molecule has 0 bridgehead atoms. The van der Waals surface area contributed by atoms with Gasteiger partial charge < -0.3 is 15.1 Å². The van der Waals surface area contributed by atoms with Gasteiger partial charge in [-0.1, -0.05) is 12.1 Å². The van der Waals surface area contributed by atoms with Crippen molar-refractivity contribution in [1.82, 2.24) is 30.0 Å². The number of halogens is 1. The van der Waals surface area contributed by atoms with Crippen molar-refractivity contribution in [3.63, 3.8) is 0 Å². The first-order chi connectivity index (χ1) is 17.0. The fourth-order valence-electron chi connectivity index (χ4n) is 3.99. The summed E-state index contributed by atoms with van der Waals surface area (Å²) >= 11 is 0. The molecule has 4 aromatic rings. The summed E-state index contributed by atoms with van der Waals surface area (Å²) in [4.78, 5) is 29.7. The highest BCUT2D eigenvalue weighted by Crippen LogP contribution is 2.28. The van der Waals surface area contributed by atoms with Crippen LogP contribution < -0.4 is 10.2 Å². The number of rotatable bonds is 5. The first-order valence-corrected chi connectivity index (χ1v) is 11.4. The molecule has 0 atom stereocenters. The SMILES string of the molecule is CC(=O)N1CCN(c2nc(NCc3ccc(C)nn3)c3cc(-c4ccc(F)cc4)cnc3n2)CC1. The summed E-state index contributed by atoms with van der Waals surface area (Å²) in [6.07, 6.45) is 1.73. The molecule has 5 rings (SSSR count). The Kier molecular flexibility index (Phi) is 6.17. The Morgan fingerprint density at radius 1 is 1.00 bits per heavy atom. The molecule has 10 heteroatoms. The molecule has 1 N–H and O–H groups in total. The maximum absolute atomic E-state index is 13.4. The quantitative estimate of drug-likeness (QED) is 0.473. The zero-order valence-electron chi connectivity index (χ0n) is 19.6. The molecule has 3 aromatic heterocycles. The highest BCUT2D eigenvalue weighted by atomic mass is 19.1. The molecular weight excluding hydrogens is 447 g/mol. The van der Waals surface area contributed by atoms with Crippen LogP contribution in [0, 0.1) is 12.7 Å². The molecule has 4 heterocycles. The fraction of sp³-hybridized carbons (Fsp3) is 0.280. The van der Waals surface area contributed by atoms with E-state index < -0.39 is 0 Å². The maximum Gasteiger partial charge on any atom is 0.229 e. The minimum Gasteiger partial charge on any atom is -0.364 e. The summed E-state index contributed by atoms with van der Waals surface area (Å²) in [5.41, 5.74) is 3.86. The molecule has 1 fully saturated rings. The molecule has 0 radical (unpaired) electrons. The lowest BCUT2D eigenvalue weighted by molar-refractivity contribution is -0.129. The number of aromatic nitrogens is 5. The smallest absolute Gasteiger partial charge is 0.229 e. The van der Waals surface area contributed by atoms with Crippen LogP contribution in [-0.4, -0.2) is 62.1 Å². The maximum atomic E-state index is 13.4. The molecule has 0 saturated carbocycles. The van der Waals surface area contributed by atoms with Gasteiger partial charge in [-0.2, -0.15) is 20.2 Å². The number of anilines is 2. The van der Waals surface area contributed by atoms with E-state index in [2.05, 4.69) is 25.4 Å². The van der Waals surface area contributed by atoms with Crippen LogP contribution in [0.2, 0.25) is 0 Å². The van der Waals surface area contributed by atoms with Gasteiger partial charge in [-0.05, 0) is 42.8 Å². The topological polar surface area (TPSA) is 100 Å². The number of nitrogens with one attached hydrogen (secondary N) is 1. The summed E-state index contributed by atoms with van der Waals surface area (Å²) < 4.78 is 13.4. The van der Waals surface area contributed by atoms with E-state index in [1.807, 2.05) is 30.0 Å². The number of aryl methyl sites for hydroxylation is 1. The first kappa shape index (κ1) is 22.6. The summed E-state index contributed by atoms with van der Waals surface area (Å²) in [5.74, 6) is 0.959. The van der Waals surface area contributed by atoms with Gasteiger partial charge >= 0.3 is 0 Å². The molecule has 1 aliphatic rings. The number of fused-ring (bicyclic) bond motifs is 1. The number of carbonyl (C=O) groups is 1. The Morgan fingerprint density at radius 2 is 1.77 bits per heavy atom. The Hall–Kier alpha value is -4.21. The highest BCUT2D eigenvalue weighted by Gasteiger charge is 2.22. The van der Waals surface area contributed by atoms with Crippen molar-refractivity contribution in [2.75, 3.05) is 36.4 Å². The number of pyridine rings is 1. The predicted octanol–water partition coefficient (Wildman–Crippen LogP) is 3.21. The zero-order valence-corrected chi connectivity index (χ0v) is 19.6. The molecule has 0 aliphatic carbocycles. The molecule has 0 unspecified atom stereocenters. The van der Waals surface area contributed by atoms with Crippen LogP contribution in [0.5, 0.6) is 0 Å². The monoisotopic (exact) mass is 472 g/mol. The molecule has 1 saturated heterocycles. The second-order valence-electron chi connectivity index (χ2n) is 8.49. The largest absolute Gasteiger partial charge is 0.364 e. The van der Waals surface area contributed by atoms with E-state index in [-0.39, 0.29) is 11.7 Å². The van der Waals surface area contributed by atoms with E-state index in [0.29, 0.717) is 50.1 Å². The van der Waals surface area contributed by atoms with Gasteiger partial charge in [0.25, 0.3) is 0 Å². The van der Waals surface area contributed by atoms with Crippen molar-refractivity contribution in [2.45, 2.75) is 20.4 Å². The number of nitrogens with zero attached hydrogens (tertiary/aromatic N) is 7. The highest BCUT2D eigenvalue weighted by molar-refractivity contribution is 5.90. The van der Waals surface area contributed by atoms with Gasteiger partial charge in [0.1, 0.15) is 11.6 Å². The number of piperazine rings is 1. The Morgan fingerprint density at radius 3 is 2.46 bits per heavy atom. The van der Waals surface area contributed by atoms with Crippen LogP contribution >= 0.6 is 0 Å². The molecule has 35 heavy (non-hydrogen) atoms. The Labute approximate surface area is 202 Å². The van der Waals surface area contributed by atoms with Crippen LogP contribution in [-0.2, 0) is 11.3 Å². The van der Waals surface area contributed by atoms with Gasteiger partial charge in [-0.15, -0.1) is 0 Å². The average molecular weight is 473 g/mol. The minimum atomic E-state index is -0.290. The second-order valence-corrected chi connectivity index (χ2v) is 8.49. The lowest BCUT2D eigenvalue weighted by Crippen LogP contribution is -2.48. The van der Waals surface area contributed by atoms with Crippen LogP contribution in [0.15, 0.2) is 48.7 Å². The summed E-state index contributed by atoms with van der Waals surface area (Å²) in [6, 6.07) is 12.1. The lowest BCUT2D eigenvalue weighted by atomic mass is 10.1. The van der Waals surface area contributed by atoms with Gasteiger partial charge in [-0.25, -0.2) is 9.37 Å². The van der Waals surface area contributed by atoms with Crippen molar-refractivity contribution >= 4 is 28.7 Å². The van der Waals surface area contributed by atoms with Gasteiger partial charge in [0.15, 0.2) is 5.65 Å². The number of hydrogen-bond acceptors (Lipinski definition) is 8. The van der Waals surface area contributed by atoms with Crippen LogP contribution in [0.4, 0.5) is 16.2 Å². The number of benzene rings is 1. The third kappa shape index (κ3) is 5.01. The molecule has 1 aromatic carbocycles. The van der Waals surface area contributed by atoms with E-state index in [4.69, 9.17) is 9.97 Å². The van der Waals surface area contributed by atoms with Crippen LogP contribution in [0.25, 0.3) is 22.2 Å². The molecule has 1 amide bonds. The van der Waals surface area contributed by atoms with Gasteiger partial charge in [-0.3, -0.25) is 4.79 Å². The minimum absolute atomic E-state index is 0.0700. The Bertz CT molecular complexity index is 1350. The van der Waals surface area contributed by atoms with Crippen molar-refractivity contribution in [1.29, 1.82) is 0 Å². The summed E-state index contributed by atoms with van der Waals surface area (Å²) in [5, 5.41) is 12.5. The third-order valence-corrected chi connectivity index (χ3v) is 6.01.